The van der Waals surface area contributed by atoms with Gasteiger partial charge < -0.3 is 14.8 Å². The molecule has 2 atom stereocenters. The smallest absolute Gasteiger partial charge is 0.128 e. The average Bonchev–Trinajstić information content (AvgIpc) is 2.52. The van der Waals surface area contributed by atoms with Gasteiger partial charge in [0.25, 0.3) is 0 Å². The van der Waals surface area contributed by atoms with Crippen molar-refractivity contribution in [3.05, 3.63) is 23.8 Å². The van der Waals surface area contributed by atoms with E-state index in [4.69, 9.17) is 9.47 Å². The van der Waals surface area contributed by atoms with Gasteiger partial charge in [-0.2, -0.15) is 0 Å². The maximum absolute atomic E-state index is 6.44. The Morgan fingerprint density at radius 2 is 2.10 bits per heavy atom. The van der Waals surface area contributed by atoms with Crippen molar-refractivity contribution in [2.75, 3.05) is 13.7 Å². The molecule has 118 valence electrons. The van der Waals surface area contributed by atoms with Crippen molar-refractivity contribution in [2.45, 2.75) is 64.5 Å². The Kier molecular flexibility index (Phi) is 5.51. The lowest BCUT2D eigenvalue weighted by molar-refractivity contribution is 0.0176. The number of hydrogen-bond acceptors (Lipinski definition) is 3. The van der Waals surface area contributed by atoms with Crippen molar-refractivity contribution in [2.24, 2.45) is 0 Å². The van der Waals surface area contributed by atoms with Crippen LogP contribution in [0.5, 0.6) is 11.5 Å². The highest BCUT2D eigenvalue weighted by molar-refractivity contribution is 5.44. The van der Waals surface area contributed by atoms with Crippen molar-refractivity contribution < 1.29 is 9.47 Å². The third kappa shape index (κ3) is 3.52. The highest BCUT2D eigenvalue weighted by Gasteiger charge is 2.38. The quantitative estimate of drug-likeness (QED) is 0.804. The van der Waals surface area contributed by atoms with Gasteiger partial charge >= 0.3 is 0 Å². The van der Waals surface area contributed by atoms with Crippen LogP contribution >= 0.6 is 0 Å². The van der Waals surface area contributed by atoms with Gasteiger partial charge in [0.05, 0.1) is 7.11 Å². The molecule has 1 heterocycles. The molecule has 0 radical (unpaired) electrons. The van der Waals surface area contributed by atoms with E-state index in [1.54, 1.807) is 7.11 Å². The Morgan fingerprint density at radius 1 is 1.29 bits per heavy atom. The molecule has 0 fully saturated rings. The summed E-state index contributed by atoms with van der Waals surface area (Å²) in [5, 5.41) is 3.69. The third-order valence-corrected chi connectivity index (χ3v) is 4.49. The highest BCUT2D eigenvalue weighted by atomic mass is 16.5. The van der Waals surface area contributed by atoms with E-state index in [0.717, 1.165) is 50.1 Å². The van der Waals surface area contributed by atoms with Crippen molar-refractivity contribution in [1.29, 1.82) is 0 Å². The minimum atomic E-state index is -0.0421. The van der Waals surface area contributed by atoms with Crippen LogP contribution in [0, 0.1) is 0 Å². The topological polar surface area (TPSA) is 30.5 Å². The fourth-order valence-corrected chi connectivity index (χ4v) is 3.28. The van der Waals surface area contributed by atoms with Gasteiger partial charge in [-0.25, -0.2) is 0 Å². The lowest BCUT2D eigenvalue weighted by atomic mass is 9.82. The van der Waals surface area contributed by atoms with E-state index in [-0.39, 0.29) is 5.60 Å². The second-order valence-electron chi connectivity index (χ2n) is 6.00. The van der Waals surface area contributed by atoms with E-state index in [0.29, 0.717) is 6.04 Å². The predicted molar refractivity (Wildman–Crippen MR) is 87.2 cm³/mol. The molecule has 1 aromatic carbocycles. The summed E-state index contributed by atoms with van der Waals surface area (Å²) in [5.41, 5.74) is 1.23. The van der Waals surface area contributed by atoms with Gasteiger partial charge in [0.15, 0.2) is 0 Å². The van der Waals surface area contributed by atoms with Crippen LogP contribution in [-0.4, -0.2) is 19.3 Å². The number of methoxy groups -OCH3 is 1. The van der Waals surface area contributed by atoms with Gasteiger partial charge in [-0.15, -0.1) is 0 Å². The molecule has 0 aliphatic carbocycles. The zero-order valence-corrected chi connectivity index (χ0v) is 13.9. The lowest BCUT2D eigenvalue weighted by Crippen LogP contribution is -2.43. The normalized spacial score (nSPS) is 24.3. The van der Waals surface area contributed by atoms with Crippen LogP contribution in [0.25, 0.3) is 0 Å². The summed E-state index contributed by atoms with van der Waals surface area (Å²) in [4.78, 5) is 0. The second-order valence-corrected chi connectivity index (χ2v) is 6.00. The minimum Gasteiger partial charge on any atom is -0.497 e. The van der Waals surface area contributed by atoms with Gasteiger partial charge in [0, 0.05) is 24.1 Å². The largest absolute Gasteiger partial charge is 0.497 e. The van der Waals surface area contributed by atoms with Gasteiger partial charge in [0.2, 0.25) is 0 Å². The van der Waals surface area contributed by atoms with E-state index in [9.17, 15) is 0 Å². The average molecular weight is 291 g/mol. The molecule has 2 rings (SSSR count). The second kappa shape index (κ2) is 7.17. The first-order valence-electron chi connectivity index (χ1n) is 8.28. The van der Waals surface area contributed by atoms with E-state index in [2.05, 4.69) is 32.2 Å². The maximum atomic E-state index is 6.44. The molecule has 1 aliphatic heterocycles. The summed E-state index contributed by atoms with van der Waals surface area (Å²) in [6, 6.07) is 6.59. The van der Waals surface area contributed by atoms with Crippen molar-refractivity contribution in [3.8, 4) is 11.5 Å². The van der Waals surface area contributed by atoms with Crippen molar-refractivity contribution in [1.82, 2.24) is 5.32 Å². The first-order valence-corrected chi connectivity index (χ1v) is 8.28. The van der Waals surface area contributed by atoms with Crippen LogP contribution in [0.15, 0.2) is 18.2 Å². The molecule has 0 saturated heterocycles. The number of rotatable bonds is 7. The van der Waals surface area contributed by atoms with Crippen molar-refractivity contribution in [3.63, 3.8) is 0 Å². The minimum absolute atomic E-state index is 0.0421. The molecule has 3 nitrogen and oxygen atoms in total. The maximum Gasteiger partial charge on any atom is 0.128 e. The summed E-state index contributed by atoms with van der Waals surface area (Å²) in [6.45, 7) is 7.72. The van der Waals surface area contributed by atoms with Crippen LogP contribution in [0.1, 0.15) is 64.5 Å². The Labute approximate surface area is 129 Å². The Morgan fingerprint density at radius 3 is 2.71 bits per heavy atom. The summed E-state index contributed by atoms with van der Waals surface area (Å²) in [5.74, 6) is 1.86. The number of nitrogens with one attached hydrogen (secondary N) is 1. The zero-order chi connectivity index (χ0) is 15.3. The summed E-state index contributed by atoms with van der Waals surface area (Å²) >= 11 is 0. The molecule has 1 aromatic rings. The molecule has 1 N–H and O–H groups in total. The number of benzene rings is 1. The molecule has 2 unspecified atom stereocenters. The first kappa shape index (κ1) is 16.2. The standard InChI is InChI=1S/C18H29NO2/c1-5-10-18(7-3)13-16(19-11-6-2)15-9-8-14(20-4)12-17(15)21-18/h8-9,12,16,19H,5-7,10-11,13H2,1-4H3. The molecular formula is C18H29NO2. The molecule has 0 aromatic heterocycles. The van der Waals surface area contributed by atoms with Crippen LogP contribution in [0.3, 0.4) is 0 Å². The molecular weight excluding hydrogens is 262 g/mol. The Balaban J connectivity index is 2.34. The van der Waals surface area contributed by atoms with E-state index >= 15 is 0 Å². The zero-order valence-electron chi connectivity index (χ0n) is 13.9. The number of ether oxygens (including phenoxy) is 2. The Bertz CT molecular complexity index is 461. The summed E-state index contributed by atoms with van der Waals surface area (Å²) in [7, 11) is 1.70. The third-order valence-electron chi connectivity index (χ3n) is 4.49. The molecule has 1 aliphatic rings. The molecule has 3 heteroatoms. The molecule has 0 bridgehead atoms. The fraction of sp³-hybridized carbons (Fsp3) is 0.667. The Hall–Kier alpha value is -1.22. The van der Waals surface area contributed by atoms with Gasteiger partial charge in [0.1, 0.15) is 17.1 Å². The van der Waals surface area contributed by atoms with E-state index in [1.807, 2.05) is 12.1 Å². The van der Waals surface area contributed by atoms with Crippen LogP contribution in [0.2, 0.25) is 0 Å². The summed E-state index contributed by atoms with van der Waals surface area (Å²) < 4.78 is 11.8. The van der Waals surface area contributed by atoms with Gasteiger partial charge in [-0.1, -0.05) is 33.3 Å². The number of fused-ring (bicyclic) bond motifs is 1. The van der Waals surface area contributed by atoms with Gasteiger partial charge in [-0.3, -0.25) is 0 Å². The number of hydrogen-bond donors (Lipinski definition) is 1. The summed E-state index contributed by atoms with van der Waals surface area (Å²) in [6.07, 6.45) is 5.49. The first-order chi connectivity index (χ1) is 10.2. The monoisotopic (exact) mass is 291 g/mol. The van der Waals surface area contributed by atoms with Crippen LogP contribution < -0.4 is 14.8 Å². The molecule has 21 heavy (non-hydrogen) atoms. The predicted octanol–water partition coefficient (Wildman–Crippen LogP) is 4.47. The fourth-order valence-electron chi connectivity index (χ4n) is 3.28. The van der Waals surface area contributed by atoms with E-state index < -0.39 is 0 Å². The highest BCUT2D eigenvalue weighted by Crippen LogP contribution is 2.44. The van der Waals surface area contributed by atoms with Crippen molar-refractivity contribution >= 4 is 0 Å². The SMILES string of the molecule is CCCNC1CC(CC)(CCC)Oc2cc(OC)ccc21. The van der Waals surface area contributed by atoms with Crippen LogP contribution in [0.4, 0.5) is 0 Å². The van der Waals surface area contributed by atoms with Gasteiger partial charge in [-0.05, 0) is 31.9 Å². The van der Waals surface area contributed by atoms with E-state index in [1.165, 1.54) is 5.56 Å². The molecule has 0 saturated carbocycles. The van der Waals surface area contributed by atoms with Crippen LogP contribution in [-0.2, 0) is 0 Å². The molecule has 0 amide bonds. The lowest BCUT2D eigenvalue weighted by Gasteiger charge is -2.42. The molecule has 0 spiro atoms.